The van der Waals surface area contributed by atoms with Crippen LogP contribution in [0.2, 0.25) is 0 Å². The molecule has 1 saturated heterocycles. The van der Waals surface area contributed by atoms with Crippen LogP contribution < -0.4 is 4.74 Å². The summed E-state index contributed by atoms with van der Waals surface area (Å²) in [5.41, 5.74) is 0.644. The first-order chi connectivity index (χ1) is 20.9. The normalized spacial score (nSPS) is 16.8. The molecule has 0 atom stereocenters. The van der Waals surface area contributed by atoms with Gasteiger partial charge in [0.2, 0.25) is 5.88 Å². The highest BCUT2D eigenvalue weighted by molar-refractivity contribution is 7.91. The summed E-state index contributed by atoms with van der Waals surface area (Å²) < 4.78 is 36.4. The Kier molecular flexibility index (Phi) is 8.96. The van der Waals surface area contributed by atoms with Crippen LogP contribution in [-0.4, -0.2) is 80.7 Å². The Morgan fingerprint density at radius 3 is 2.41 bits per heavy atom. The number of pyridine rings is 1. The minimum absolute atomic E-state index is 0.0249. The van der Waals surface area contributed by atoms with E-state index in [0.717, 1.165) is 5.56 Å². The molecule has 0 radical (unpaired) electrons. The number of rotatable bonds is 10. The number of aromatic nitrogens is 5. The van der Waals surface area contributed by atoms with Gasteiger partial charge in [0.25, 0.3) is 0 Å². The molecule has 0 N–H and O–H groups in total. The third kappa shape index (κ3) is 7.37. The Balaban J connectivity index is 1.39. The molecule has 1 aliphatic heterocycles. The van der Waals surface area contributed by atoms with Crippen LogP contribution >= 0.6 is 0 Å². The molecular formula is C31H38N6O6S. The van der Waals surface area contributed by atoms with Crippen LogP contribution in [0.1, 0.15) is 70.6 Å². The topological polar surface area (TPSA) is 154 Å². The van der Waals surface area contributed by atoms with Crippen LogP contribution in [0.3, 0.4) is 0 Å². The van der Waals surface area contributed by atoms with E-state index < -0.39 is 26.9 Å². The summed E-state index contributed by atoms with van der Waals surface area (Å²) in [5.74, 6) is 0.206. The second-order valence-corrected chi connectivity index (χ2v) is 14.5. The van der Waals surface area contributed by atoms with Crippen molar-refractivity contribution in [2.45, 2.75) is 81.8 Å². The maximum atomic E-state index is 14.2. The lowest BCUT2D eigenvalue weighted by molar-refractivity contribution is -0.126. The minimum Gasteiger partial charge on any atom is -0.477 e. The van der Waals surface area contributed by atoms with Crippen molar-refractivity contribution in [1.29, 1.82) is 0 Å². The second kappa shape index (κ2) is 12.5. The van der Waals surface area contributed by atoms with E-state index >= 15 is 0 Å². The minimum atomic E-state index is -3.35. The molecule has 0 unspecified atom stereocenters. The number of piperidine rings is 1. The van der Waals surface area contributed by atoms with Crippen LogP contribution in [0, 0.1) is 0 Å². The standard InChI is InChI=1S/C31H38N6O6S/c1-5-42-28-19-32-18-24(35-28)21-6-7-22(34-17-21)16-26(38)31(11-14-37(15-12-31)29(39)43-30(2,3)4)25-10-13-33-27(36-25)20-44(40,41)23-8-9-23/h6-7,10,13,17-19,23H,5,8-9,11-12,14-16,20H2,1-4H3. The molecular weight excluding hydrogens is 584 g/mol. The summed E-state index contributed by atoms with van der Waals surface area (Å²) in [6.45, 7) is 8.32. The molecule has 13 heteroatoms. The average Bonchev–Trinajstić information content (AvgIpc) is 3.84. The van der Waals surface area contributed by atoms with Gasteiger partial charge in [-0.3, -0.25) is 14.8 Å². The van der Waals surface area contributed by atoms with E-state index in [1.807, 2.05) is 13.0 Å². The number of ether oxygens (including phenoxy) is 2. The van der Waals surface area contributed by atoms with Crippen molar-refractivity contribution in [3.8, 4) is 17.1 Å². The first kappa shape index (κ1) is 31.4. The summed E-state index contributed by atoms with van der Waals surface area (Å²) in [6, 6.07) is 5.28. The van der Waals surface area contributed by atoms with E-state index in [1.54, 1.807) is 56.4 Å². The van der Waals surface area contributed by atoms with Gasteiger partial charge in [0, 0.05) is 43.2 Å². The first-order valence-corrected chi connectivity index (χ1v) is 16.6. The Morgan fingerprint density at radius 1 is 1.02 bits per heavy atom. The number of nitrogens with zero attached hydrogens (tertiary/aromatic N) is 6. The fraction of sp³-hybridized carbons (Fsp3) is 0.516. The second-order valence-electron chi connectivity index (χ2n) is 12.2. The highest BCUT2D eigenvalue weighted by Crippen LogP contribution is 2.37. The van der Waals surface area contributed by atoms with Crippen molar-refractivity contribution in [3.63, 3.8) is 0 Å². The number of hydrogen-bond donors (Lipinski definition) is 0. The van der Waals surface area contributed by atoms with Crippen LogP contribution in [0.15, 0.2) is 43.0 Å². The van der Waals surface area contributed by atoms with Gasteiger partial charge in [-0.15, -0.1) is 0 Å². The smallest absolute Gasteiger partial charge is 0.410 e. The number of sulfone groups is 1. The molecule has 1 amide bonds. The van der Waals surface area contributed by atoms with Crippen molar-refractivity contribution >= 4 is 21.7 Å². The number of ketones is 1. The SMILES string of the molecule is CCOc1cncc(-c2ccc(CC(=O)C3(c4ccnc(CS(=O)(=O)C5CC5)n4)CCN(C(=O)OC(C)(C)C)CC3)nc2)n1. The van der Waals surface area contributed by atoms with Crippen molar-refractivity contribution in [3.05, 3.63) is 60.2 Å². The van der Waals surface area contributed by atoms with E-state index in [9.17, 15) is 18.0 Å². The maximum absolute atomic E-state index is 14.2. The lowest BCUT2D eigenvalue weighted by Crippen LogP contribution is -2.51. The third-order valence-corrected chi connectivity index (χ3v) is 9.88. The van der Waals surface area contributed by atoms with Gasteiger partial charge in [-0.05, 0) is 71.6 Å². The van der Waals surface area contributed by atoms with E-state index in [2.05, 4.69) is 24.9 Å². The molecule has 5 rings (SSSR count). The van der Waals surface area contributed by atoms with Crippen LogP contribution in [0.4, 0.5) is 4.79 Å². The van der Waals surface area contributed by atoms with Gasteiger partial charge in [0.15, 0.2) is 15.6 Å². The Labute approximate surface area is 257 Å². The number of likely N-dealkylation sites (tertiary alicyclic amines) is 1. The molecule has 3 aromatic heterocycles. The van der Waals surface area contributed by atoms with Crippen LogP contribution in [0.5, 0.6) is 5.88 Å². The van der Waals surface area contributed by atoms with E-state index in [4.69, 9.17) is 9.47 Å². The Bertz CT molecular complexity index is 1610. The quantitative estimate of drug-likeness (QED) is 0.323. The lowest BCUT2D eigenvalue weighted by Gasteiger charge is -2.40. The summed E-state index contributed by atoms with van der Waals surface area (Å²) >= 11 is 0. The average molecular weight is 623 g/mol. The van der Waals surface area contributed by atoms with E-state index in [0.29, 0.717) is 55.3 Å². The summed E-state index contributed by atoms with van der Waals surface area (Å²) in [4.78, 5) is 50.6. The van der Waals surface area contributed by atoms with Crippen LogP contribution in [0.25, 0.3) is 11.3 Å². The molecule has 0 spiro atoms. The van der Waals surface area contributed by atoms with Gasteiger partial charge in [-0.2, -0.15) is 0 Å². The lowest BCUT2D eigenvalue weighted by atomic mass is 9.71. The number of carbonyl (C=O) groups excluding carboxylic acids is 2. The largest absolute Gasteiger partial charge is 0.477 e. The predicted octanol–water partition coefficient (Wildman–Crippen LogP) is 3.89. The Hall–Kier alpha value is -4.00. The predicted molar refractivity (Wildman–Crippen MR) is 162 cm³/mol. The van der Waals surface area contributed by atoms with Crippen LogP contribution in [-0.2, 0) is 37.0 Å². The zero-order valence-electron chi connectivity index (χ0n) is 25.5. The third-order valence-electron chi connectivity index (χ3n) is 7.73. The molecule has 0 bridgehead atoms. The van der Waals surface area contributed by atoms with E-state index in [-0.39, 0.29) is 42.1 Å². The Morgan fingerprint density at radius 2 is 1.77 bits per heavy atom. The van der Waals surface area contributed by atoms with Gasteiger partial charge in [0.1, 0.15) is 17.2 Å². The summed E-state index contributed by atoms with van der Waals surface area (Å²) in [5, 5.41) is -0.343. The fourth-order valence-corrected chi connectivity index (χ4v) is 6.84. The van der Waals surface area contributed by atoms with Crippen molar-refractivity contribution in [2.75, 3.05) is 19.7 Å². The fourth-order valence-electron chi connectivity index (χ4n) is 5.25. The van der Waals surface area contributed by atoms with Gasteiger partial charge in [0.05, 0.1) is 41.1 Å². The zero-order chi connectivity index (χ0) is 31.5. The van der Waals surface area contributed by atoms with Crippen molar-refractivity contribution < 1.29 is 27.5 Å². The van der Waals surface area contributed by atoms with Gasteiger partial charge in [-0.1, -0.05) is 0 Å². The molecule has 1 saturated carbocycles. The van der Waals surface area contributed by atoms with Crippen molar-refractivity contribution in [2.24, 2.45) is 0 Å². The zero-order valence-corrected chi connectivity index (χ0v) is 26.3. The highest BCUT2D eigenvalue weighted by atomic mass is 32.2. The van der Waals surface area contributed by atoms with Crippen molar-refractivity contribution in [1.82, 2.24) is 29.8 Å². The molecule has 44 heavy (non-hydrogen) atoms. The summed E-state index contributed by atoms with van der Waals surface area (Å²) in [7, 11) is -3.35. The van der Waals surface area contributed by atoms with Gasteiger partial charge in [-0.25, -0.2) is 28.2 Å². The number of hydrogen-bond acceptors (Lipinski definition) is 11. The monoisotopic (exact) mass is 622 g/mol. The molecule has 234 valence electrons. The maximum Gasteiger partial charge on any atom is 0.410 e. The number of amides is 1. The number of carbonyl (C=O) groups is 2. The molecule has 4 heterocycles. The molecule has 2 aliphatic rings. The van der Waals surface area contributed by atoms with Gasteiger partial charge >= 0.3 is 6.09 Å². The highest BCUT2D eigenvalue weighted by Gasteiger charge is 2.45. The molecule has 3 aromatic rings. The molecule has 1 aliphatic carbocycles. The number of Topliss-reactive ketones (excluding diaryl/α,β-unsaturated/α-hetero) is 1. The summed E-state index contributed by atoms with van der Waals surface area (Å²) in [6.07, 6.45) is 7.81. The van der Waals surface area contributed by atoms with Gasteiger partial charge < -0.3 is 14.4 Å². The first-order valence-electron chi connectivity index (χ1n) is 14.8. The molecule has 12 nitrogen and oxygen atoms in total. The van der Waals surface area contributed by atoms with E-state index in [1.165, 1.54) is 6.20 Å². The molecule has 2 fully saturated rings. The molecule has 0 aromatic carbocycles.